The van der Waals surface area contributed by atoms with Gasteiger partial charge in [0.05, 0.1) is 13.2 Å². The van der Waals surface area contributed by atoms with Crippen LogP contribution >= 0.6 is 0 Å². The zero-order valence-corrected chi connectivity index (χ0v) is 16.1. The van der Waals surface area contributed by atoms with E-state index in [1.54, 1.807) is 0 Å². The second kappa shape index (κ2) is 8.53. The molecule has 0 bridgehead atoms. The molecule has 1 heterocycles. The van der Waals surface area contributed by atoms with Crippen molar-refractivity contribution in [3.63, 3.8) is 0 Å². The number of rotatable bonds is 4. The minimum absolute atomic E-state index is 0.00889. The Morgan fingerprint density at radius 2 is 1.37 bits per heavy atom. The quantitative estimate of drug-likeness (QED) is 0.643. The molecule has 1 saturated heterocycles. The minimum atomic E-state index is -0.191. The maximum Gasteiger partial charge on any atom is 0.160 e. The molecule has 0 amide bonds. The lowest BCUT2D eigenvalue weighted by molar-refractivity contribution is -0.228. The summed E-state index contributed by atoms with van der Waals surface area (Å²) in [6, 6.07) is 15.5. The van der Waals surface area contributed by atoms with Gasteiger partial charge in [-0.25, -0.2) is 4.39 Å². The first-order chi connectivity index (χ1) is 13.2. The van der Waals surface area contributed by atoms with Crippen molar-refractivity contribution in [3.05, 3.63) is 59.9 Å². The average Bonchev–Trinajstić information content (AvgIpc) is 2.75. The number of hydrogen-bond donors (Lipinski definition) is 0. The predicted molar refractivity (Wildman–Crippen MR) is 106 cm³/mol. The van der Waals surface area contributed by atoms with Crippen LogP contribution in [0.5, 0.6) is 0 Å². The van der Waals surface area contributed by atoms with Crippen molar-refractivity contribution in [1.29, 1.82) is 0 Å². The molecule has 4 rings (SSSR count). The smallest absolute Gasteiger partial charge is 0.160 e. The molecule has 2 fully saturated rings. The molecule has 1 aliphatic heterocycles. The van der Waals surface area contributed by atoms with Gasteiger partial charge in [-0.2, -0.15) is 0 Å². The number of benzene rings is 2. The summed E-state index contributed by atoms with van der Waals surface area (Å²) in [5.41, 5.74) is 3.61. The SMILES string of the molecule is CCC1COC(C2CCC(c3ccc(-c4ccc(F)cc4)cc3)CC2)OC1. The van der Waals surface area contributed by atoms with Crippen molar-refractivity contribution in [2.75, 3.05) is 13.2 Å². The van der Waals surface area contributed by atoms with Gasteiger partial charge < -0.3 is 9.47 Å². The van der Waals surface area contributed by atoms with Gasteiger partial charge in [-0.3, -0.25) is 0 Å². The molecular formula is C24H29FO2. The molecule has 2 nitrogen and oxygen atoms in total. The van der Waals surface area contributed by atoms with Crippen LogP contribution in [-0.4, -0.2) is 19.5 Å². The summed E-state index contributed by atoms with van der Waals surface area (Å²) in [5.74, 6) is 1.54. The van der Waals surface area contributed by atoms with Crippen LogP contribution < -0.4 is 0 Å². The standard InChI is InChI=1S/C24H29FO2/c1-2-17-15-26-24(27-16-17)22-9-7-20(8-10-22)18-3-5-19(6-4-18)21-11-13-23(25)14-12-21/h3-6,11-14,17,20,22,24H,2,7-10,15-16H2,1H3. The third-order valence-corrected chi connectivity index (χ3v) is 6.29. The minimum Gasteiger partial charge on any atom is -0.352 e. The van der Waals surface area contributed by atoms with Crippen molar-refractivity contribution < 1.29 is 13.9 Å². The molecule has 0 unspecified atom stereocenters. The lowest BCUT2D eigenvalue weighted by Crippen LogP contribution is -2.38. The fourth-order valence-corrected chi connectivity index (χ4v) is 4.38. The molecule has 2 aliphatic rings. The van der Waals surface area contributed by atoms with Gasteiger partial charge in [0.25, 0.3) is 0 Å². The zero-order chi connectivity index (χ0) is 18.6. The van der Waals surface area contributed by atoms with Crippen molar-refractivity contribution >= 4 is 0 Å². The molecule has 0 radical (unpaired) electrons. The molecular weight excluding hydrogens is 339 g/mol. The number of halogens is 1. The Labute approximate surface area is 161 Å². The molecule has 2 aromatic rings. The molecule has 1 saturated carbocycles. The molecule has 0 spiro atoms. The van der Waals surface area contributed by atoms with Gasteiger partial charge in [0.2, 0.25) is 0 Å². The molecule has 144 valence electrons. The van der Waals surface area contributed by atoms with Crippen LogP contribution in [0.1, 0.15) is 50.5 Å². The first-order valence-electron chi connectivity index (χ1n) is 10.3. The molecule has 0 aromatic heterocycles. The normalized spacial score (nSPS) is 28.8. The molecule has 2 aromatic carbocycles. The summed E-state index contributed by atoms with van der Waals surface area (Å²) in [5, 5.41) is 0. The van der Waals surface area contributed by atoms with Crippen molar-refractivity contribution in [1.82, 2.24) is 0 Å². The van der Waals surface area contributed by atoms with Gasteiger partial charge in [-0.1, -0.05) is 43.3 Å². The van der Waals surface area contributed by atoms with E-state index in [2.05, 4.69) is 31.2 Å². The highest BCUT2D eigenvalue weighted by Gasteiger charge is 2.32. The summed E-state index contributed by atoms with van der Waals surface area (Å²) in [7, 11) is 0. The van der Waals surface area contributed by atoms with Gasteiger partial charge in [-0.05, 0) is 66.8 Å². The Morgan fingerprint density at radius 1 is 0.815 bits per heavy atom. The summed E-state index contributed by atoms with van der Waals surface area (Å²) < 4.78 is 25.1. The second-order valence-electron chi connectivity index (χ2n) is 8.05. The van der Waals surface area contributed by atoms with E-state index in [0.717, 1.165) is 30.8 Å². The van der Waals surface area contributed by atoms with Gasteiger partial charge in [0, 0.05) is 11.8 Å². The summed E-state index contributed by atoms with van der Waals surface area (Å²) in [6.07, 6.45) is 5.88. The van der Waals surface area contributed by atoms with E-state index in [1.807, 2.05) is 12.1 Å². The third kappa shape index (κ3) is 4.41. The van der Waals surface area contributed by atoms with Gasteiger partial charge in [0.15, 0.2) is 6.29 Å². The molecule has 3 heteroatoms. The van der Waals surface area contributed by atoms with Crippen LogP contribution in [-0.2, 0) is 9.47 Å². The fraction of sp³-hybridized carbons (Fsp3) is 0.500. The monoisotopic (exact) mass is 368 g/mol. The van der Waals surface area contributed by atoms with E-state index in [9.17, 15) is 4.39 Å². The van der Waals surface area contributed by atoms with E-state index in [1.165, 1.54) is 43.4 Å². The van der Waals surface area contributed by atoms with Crippen molar-refractivity contribution in [3.8, 4) is 11.1 Å². The first kappa shape index (κ1) is 18.6. The van der Waals surface area contributed by atoms with Crippen LogP contribution in [0, 0.1) is 17.7 Å². The Kier molecular flexibility index (Phi) is 5.89. The molecule has 0 atom stereocenters. The van der Waals surface area contributed by atoms with Crippen LogP contribution in [0.2, 0.25) is 0 Å². The predicted octanol–water partition coefficient (Wildman–Crippen LogP) is 6.17. The van der Waals surface area contributed by atoms with Gasteiger partial charge in [0.1, 0.15) is 5.82 Å². The number of hydrogen-bond acceptors (Lipinski definition) is 2. The van der Waals surface area contributed by atoms with Crippen LogP contribution in [0.4, 0.5) is 4.39 Å². The van der Waals surface area contributed by atoms with E-state index >= 15 is 0 Å². The highest BCUT2D eigenvalue weighted by atomic mass is 19.1. The largest absolute Gasteiger partial charge is 0.352 e. The Bertz CT molecular complexity index is 709. The van der Waals surface area contributed by atoms with Crippen molar-refractivity contribution in [2.24, 2.45) is 11.8 Å². The lowest BCUT2D eigenvalue weighted by Gasteiger charge is -2.37. The number of ether oxygens (including phenoxy) is 2. The Balaban J connectivity index is 1.32. The van der Waals surface area contributed by atoms with E-state index in [-0.39, 0.29) is 12.1 Å². The Morgan fingerprint density at radius 3 is 1.93 bits per heavy atom. The second-order valence-corrected chi connectivity index (χ2v) is 8.05. The maximum atomic E-state index is 13.1. The highest BCUT2D eigenvalue weighted by molar-refractivity contribution is 5.63. The fourth-order valence-electron chi connectivity index (χ4n) is 4.38. The van der Waals surface area contributed by atoms with Crippen molar-refractivity contribution in [2.45, 2.75) is 51.2 Å². The van der Waals surface area contributed by atoms with Crippen LogP contribution in [0.25, 0.3) is 11.1 Å². The lowest BCUT2D eigenvalue weighted by atomic mass is 9.78. The molecule has 0 N–H and O–H groups in total. The topological polar surface area (TPSA) is 18.5 Å². The molecule has 1 aliphatic carbocycles. The highest BCUT2D eigenvalue weighted by Crippen LogP contribution is 2.39. The van der Waals surface area contributed by atoms with Gasteiger partial charge in [-0.15, -0.1) is 0 Å². The van der Waals surface area contributed by atoms with Gasteiger partial charge >= 0.3 is 0 Å². The van der Waals surface area contributed by atoms with E-state index in [4.69, 9.17) is 9.47 Å². The van der Waals surface area contributed by atoms with Crippen LogP contribution in [0.15, 0.2) is 48.5 Å². The zero-order valence-electron chi connectivity index (χ0n) is 16.1. The Hall–Kier alpha value is -1.71. The van der Waals surface area contributed by atoms with E-state index < -0.39 is 0 Å². The molecule has 27 heavy (non-hydrogen) atoms. The summed E-state index contributed by atoms with van der Waals surface area (Å²) >= 11 is 0. The van der Waals surface area contributed by atoms with Crippen LogP contribution in [0.3, 0.4) is 0 Å². The summed E-state index contributed by atoms with van der Waals surface area (Å²) in [4.78, 5) is 0. The average molecular weight is 368 g/mol. The maximum absolute atomic E-state index is 13.1. The first-order valence-corrected chi connectivity index (χ1v) is 10.3. The summed E-state index contributed by atoms with van der Waals surface area (Å²) in [6.45, 7) is 3.90. The van der Waals surface area contributed by atoms with E-state index in [0.29, 0.717) is 17.8 Å². The third-order valence-electron chi connectivity index (χ3n) is 6.29.